The van der Waals surface area contributed by atoms with Gasteiger partial charge < -0.3 is 9.47 Å². The number of aryl methyl sites for hydroxylation is 3. The van der Waals surface area contributed by atoms with Crippen LogP contribution in [0.4, 0.5) is 26.3 Å². The number of carbonyl (C=O) groups is 2. The Morgan fingerprint density at radius 2 is 1.10 bits per heavy atom. The molecule has 0 saturated carbocycles. The van der Waals surface area contributed by atoms with E-state index in [9.17, 15) is 35.9 Å². The minimum Gasteiger partial charge on any atom is -0.465 e. The Balaban J connectivity index is 1.80. The first-order valence-corrected chi connectivity index (χ1v) is 12.3. The number of ether oxygens (including phenoxy) is 2. The van der Waals surface area contributed by atoms with Gasteiger partial charge in [0.2, 0.25) is 5.41 Å². The average molecular weight is 575 g/mol. The molecule has 0 radical (unpaired) electrons. The molecule has 0 aliphatic carbocycles. The maximum Gasteiger partial charge on any atom is 0.411 e. The summed E-state index contributed by atoms with van der Waals surface area (Å²) in [6.07, 6.45) is -11.5. The number of alkyl halides is 6. The SMILES string of the molecule is COC(=O)c1ccc(C(=O)Oc2ccc(C(c3ccc(C)c(C)c3)(C(F)(F)F)C(F)(F)F)cc2C)c2ccccc12. The van der Waals surface area contributed by atoms with Crippen molar-refractivity contribution in [2.45, 2.75) is 38.5 Å². The predicted octanol–water partition coefficient (Wildman–Crippen LogP) is 8.18. The van der Waals surface area contributed by atoms with Crippen molar-refractivity contribution in [2.75, 3.05) is 7.11 Å². The quantitative estimate of drug-likeness (QED) is 0.137. The third-order valence-electron chi connectivity index (χ3n) is 7.15. The van der Waals surface area contributed by atoms with Crippen LogP contribution in [0.3, 0.4) is 0 Å². The molecule has 0 bridgehead atoms. The van der Waals surface area contributed by atoms with Crippen molar-refractivity contribution in [2.24, 2.45) is 0 Å². The van der Waals surface area contributed by atoms with E-state index in [0.29, 0.717) is 22.4 Å². The van der Waals surface area contributed by atoms with Crippen LogP contribution in [-0.4, -0.2) is 31.4 Å². The number of halogens is 6. The lowest BCUT2D eigenvalue weighted by Crippen LogP contribution is -2.54. The molecule has 0 aliphatic heterocycles. The van der Waals surface area contributed by atoms with Crippen LogP contribution in [0.15, 0.2) is 72.8 Å². The number of carbonyl (C=O) groups excluding carboxylic acids is 2. The zero-order chi connectivity index (χ0) is 30.3. The van der Waals surface area contributed by atoms with Gasteiger partial charge in [0, 0.05) is 0 Å². The highest BCUT2D eigenvalue weighted by Crippen LogP contribution is 2.56. The van der Waals surface area contributed by atoms with Gasteiger partial charge in [-0.1, -0.05) is 54.6 Å². The Morgan fingerprint density at radius 1 is 0.610 bits per heavy atom. The highest BCUT2D eigenvalue weighted by atomic mass is 19.4. The lowest BCUT2D eigenvalue weighted by molar-refractivity contribution is -0.288. The molecule has 4 nitrogen and oxygen atoms in total. The lowest BCUT2D eigenvalue weighted by Gasteiger charge is -2.38. The molecule has 4 aromatic rings. The third-order valence-corrected chi connectivity index (χ3v) is 7.15. The van der Waals surface area contributed by atoms with E-state index in [2.05, 4.69) is 0 Å². The van der Waals surface area contributed by atoms with Crippen molar-refractivity contribution in [3.05, 3.63) is 112 Å². The van der Waals surface area contributed by atoms with Gasteiger partial charge in [0.25, 0.3) is 0 Å². The molecule has 41 heavy (non-hydrogen) atoms. The van der Waals surface area contributed by atoms with Gasteiger partial charge in [0.15, 0.2) is 0 Å². The fourth-order valence-electron chi connectivity index (χ4n) is 4.87. The predicted molar refractivity (Wildman–Crippen MR) is 140 cm³/mol. The smallest absolute Gasteiger partial charge is 0.411 e. The molecule has 0 N–H and O–H groups in total. The van der Waals surface area contributed by atoms with Crippen molar-refractivity contribution < 1.29 is 45.4 Å². The van der Waals surface area contributed by atoms with E-state index in [1.807, 2.05) is 0 Å². The lowest BCUT2D eigenvalue weighted by atomic mass is 9.72. The van der Waals surface area contributed by atoms with E-state index in [0.717, 1.165) is 24.3 Å². The number of fused-ring (bicyclic) bond motifs is 1. The maximum absolute atomic E-state index is 14.6. The fraction of sp³-hybridized carbons (Fsp3) is 0.226. The largest absolute Gasteiger partial charge is 0.465 e. The van der Waals surface area contributed by atoms with Gasteiger partial charge in [-0.3, -0.25) is 0 Å². The molecular weight excluding hydrogens is 550 g/mol. The first-order valence-electron chi connectivity index (χ1n) is 12.3. The van der Waals surface area contributed by atoms with Gasteiger partial charge in [-0.05, 0) is 77.6 Å². The number of hydrogen-bond donors (Lipinski definition) is 0. The highest BCUT2D eigenvalue weighted by molar-refractivity contribution is 6.12. The second-order valence-corrected chi connectivity index (χ2v) is 9.61. The molecule has 214 valence electrons. The molecule has 0 saturated heterocycles. The maximum atomic E-state index is 14.6. The first kappa shape index (κ1) is 29.6. The highest BCUT2D eigenvalue weighted by Gasteiger charge is 2.72. The summed E-state index contributed by atoms with van der Waals surface area (Å²) < 4.78 is 97.6. The van der Waals surface area contributed by atoms with Gasteiger partial charge >= 0.3 is 24.3 Å². The number of benzene rings is 4. The van der Waals surface area contributed by atoms with Gasteiger partial charge in [-0.25, -0.2) is 9.59 Å². The normalized spacial score (nSPS) is 12.3. The summed E-state index contributed by atoms with van der Waals surface area (Å²) in [6, 6.07) is 14.4. The molecular formula is C31H24F6O4. The molecule has 4 aromatic carbocycles. The number of rotatable bonds is 5. The van der Waals surface area contributed by atoms with E-state index in [4.69, 9.17) is 9.47 Å². The van der Waals surface area contributed by atoms with Crippen molar-refractivity contribution in [1.82, 2.24) is 0 Å². The molecule has 0 aromatic heterocycles. The summed E-state index contributed by atoms with van der Waals surface area (Å²) in [5.74, 6) is -1.77. The Bertz CT molecular complexity index is 1640. The number of hydrogen-bond acceptors (Lipinski definition) is 4. The molecule has 10 heteroatoms. The van der Waals surface area contributed by atoms with Gasteiger partial charge in [0.05, 0.1) is 18.2 Å². The Kier molecular flexibility index (Phi) is 7.64. The molecule has 0 spiro atoms. The summed E-state index contributed by atoms with van der Waals surface area (Å²) in [5, 5.41) is 0.743. The van der Waals surface area contributed by atoms with Crippen LogP contribution >= 0.6 is 0 Å². The Morgan fingerprint density at radius 3 is 1.56 bits per heavy atom. The summed E-state index contributed by atoms with van der Waals surface area (Å²) in [6.45, 7) is 4.27. The van der Waals surface area contributed by atoms with Crippen LogP contribution < -0.4 is 4.74 Å². The second-order valence-electron chi connectivity index (χ2n) is 9.61. The van der Waals surface area contributed by atoms with Gasteiger partial charge in [0.1, 0.15) is 5.75 Å². The zero-order valence-corrected chi connectivity index (χ0v) is 22.3. The molecule has 4 rings (SSSR count). The standard InChI is InChI=1S/C31H24F6O4/c1-17-9-10-20(15-18(17)2)29(30(32,33)34,31(35,36)37)21-11-14-26(19(3)16-21)41-28(39)25-13-12-24(27(38)40-4)22-7-5-6-8-23(22)25/h5-16H,1-4H3. The summed E-state index contributed by atoms with van der Waals surface area (Å²) in [7, 11) is 1.21. The van der Waals surface area contributed by atoms with Crippen molar-refractivity contribution in [3.63, 3.8) is 0 Å². The van der Waals surface area contributed by atoms with E-state index >= 15 is 0 Å². The van der Waals surface area contributed by atoms with Crippen LogP contribution in [0.1, 0.15) is 48.5 Å². The summed E-state index contributed by atoms with van der Waals surface area (Å²) >= 11 is 0. The first-order chi connectivity index (χ1) is 19.1. The molecule has 0 aliphatic rings. The minimum atomic E-state index is -5.75. The minimum absolute atomic E-state index is 0.0341. The van der Waals surface area contributed by atoms with Crippen LogP contribution in [0.5, 0.6) is 5.75 Å². The van der Waals surface area contributed by atoms with E-state index in [-0.39, 0.29) is 28.0 Å². The fourth-order valence-corrected chi connectivity index (χ4v) is 4.87. The van der Waals surface area contributed by atoms with Crippen molar-refractivity contribution in [3.8, 4) is 5.75 Å². The van der Waals surface area contributed by atoms with Crippen LogP contribution in [-0.2, 0) is 10.2 Å². The number of esters is 2. The summed E-state index contributed by atoms with van der Waals surface area (Å²) in [4.78, 5) is 25.3. The molecule has 0 atom stereocenters. The van der Waals surface area contributed by atoms with Gasteiger partial charge in [-0.2, -0.15) is 26.3 Å². The summed E-state index contributed by atoms with van der Waals surface area (Å²) in [5.41, 5.74) is -5.44. The van der Waals surface area contributed by atoms with E-state index in [1.165, 1.54) is 39.2 Å². The zero-order valence-electron chi connectivity index (χ0n) is 22.3. The molecule has 0 unspecified atom stereocenters. The monoisotopic (exact) mass is 574 g/mol. The van der Waals surface area contributed by atoms with Crippen LogP contribution in [0.2, 0.25) is 0 Å². The van der Waals surface area contributed by atoms with Crippen LogP contribution in [0, 0.1) is 20.8 Å². The molecule has 0 heterocycles. The Labute approximate surface area is 231 Å². The third kappa shape index (κ3) is 5.03. The van der Waals surface area contributed by atoms with Crippen molar-refractivity contribution in [1.29, 1.82) is 0 Å². The van der Waals surface area contributed by atoms with E-state index in [1.54, 1.807) is 31.2 Å². The number of methoxy groups -OCH3 is 1. The second kappa shape index (κ2) is 10.6. The van der Waals surface area contributed by atoms with Crippen molar-refractivity contribution >= 4 is 22.7 Å². The van der Waals surface area contributed by atoms with E-state index < -0.39 is 40.8 Å². The van der Waals surface area contributed by atoms with Crippen LogP contribution in [0.25, 0.3) is 10.8 Å². The van der Waals surface area contributed by atoms with Gasteiger partial charge in [-0.15, -0.1) is 0 Å². The Hall–Kier alpha value is -4.34. The topological polar surface area (TPSA) is 52.6 Å². The molecule has 0 fully saturated rings. The molecule has 0 amide bonds. The average Bonchev–Trinajstić information content (AvgIpc) is 2.89.